The van der Waals surface area contributed by atoms with Crippen LogP contribution < -0.4 is 0 Å². The van der Waals surface area contributed by atoms with Gasteiger partial charge in [0.25, 0.3) is 0 Å². The lowest BCUT2D eigenvalue weighted by molar-refractivity contribution is 0.339. The van der Waals surface area contributed by atoms with Crippen LogP contribution in [0.4, 0.5) is 0 Å². The van der Waals surface area contributed by atoms with Crippen LogP contribution in [-0.2, 0) is 0 Å². The second-order valence-electron chi connectivity index (χ2n) is 7.63. The van der Waals surface area contributed by atoms with E-state index in [1.807, 2.05) is 0 Å². The molecule has 2 bridgehead atoms. The Balaban J connectivity index is 1.78. The SMILES string of the molecule is CC1=C(C2C3=C(C=CN2C)C2CCCC3C2)C=CC(C)C1. The summed E-state index contributed by atoms with van der Waals surface area (Å²) < 4.78 is 0. The molecule has 1 fully saturated rings. The fourth-order valence-electron chi connectivity index (χ4n) is 5.13. The molecule has 1 heterocycles. The van der Waals surface area contributed by atoms with Crippen LogP contribution in [0.5, 0.6) is 0 Å². The lowest BCUT2D eigenvalue weighted by atomic mass is 9.79. The molecule has 4 aliphatic rings. The minimum absolute atomic E-state index is 0.516. The molecule has 0 aromatic rings. The van der Waals surface area contributed by atoms with Crippen LogP contribution in [0, 0.1) is 17.8 Å². The number of nitrogens with zero attached hydrogens (tertiary/aromatic N) is 1. The van der Waals surface area contributed by atoms with Gasteiger partial charge in [0.15, 0.2) is 0 Å². The number of rotatable bonds is 1. The van der Waals surface area contributed by atoms with E-state index in [0.717, 1.165) is 11.8 Å². The second kappa shape index (κ2) is 4.90. The second-order valence-corrected chi connectivity index (χ2v) is 7.63. The molecule has 1 heteroatoms. The van der Waals surface area contributed by atoms with Crippen LogP contribution in [0.3, 0.4) is 0 Å². The van der Waals surface area contributed by atoms with E-state index in [1.54, 1.807) is 22.3 Å². The van der Waals surface area contributed by atoms with Crippen molar-refractivity contribution in [3.8, 4) is 0 Å². The van der Waals surface area contributed by atoms with E-state index in [1.165, 1.54) is 32.1 Å². The van der Waals surface area contributed by atoms with Crippen molar-refractivity contribution in [2.24, 2.45) is 17.8 Å². The highest BCUT2D eigenvalue weighted by Crippen LogP contribution is 2.51. The maximum absolute atomic E-state index is 2.46. The van der Waals surface area contributed by atoms with E-state index in [2.05, 4.69) is 50.2 Å². The Morgan fingerprint density at radius 1 is 1.10 bits per heavy atom. The summed E-state index contributed by atoms with van der Waals surface area (Å²) in [6.45, 7) is 4.68. The summed E-state index contributed by atoms with van der Waals surface area (Å²) in [6, 6.07) is 0.516. The number of likely N-dealkylation sites (N-methyl/N-ethyl adjacent to an activating group) is 1. The molecule has 3 aliphatic carbocycles. The van der Waals surface area contributed by atoms with Gasteiger partial charge in [-0.05, 0) is 79.4 Å². The summed E-state index contributed by atoms with van der Waals surface area (Å²) >= 11 is 0. The first-order valence-electron chi connectivity index (χ1n) is 8.67. The summed E-state index contributed by atoms with van der Waals surface area (Å²) in [5.41, 5.74) is 6.66. The highest BCUT2D eigenvalue weighted by molar-refractivity contribution is 5.50. The van der Waals surface area contributed by atoms with Gasteiger partial charge in [-0.15, -0.1) is 0 Å². The molecule has 0 radical (unpaired) electrons. The van der Waals surface area contributed by atoms with Crippen LogP contribution >= 0.6 is 0 Å². The van der Waals surface area contributed by atoms with E-state index in [9.17, 15) is 0 Å². The molecular formula is C20H27N. The van der Waals surface area contributed by atoms with Gasteiger partial charge in [0.2, 0.25) is 0 Å². The lowest BCUT2D eigenvalue weighted by Crippen LogP contribution is -2.35. The topological polar surface area (TPSA) is 3.24 Å². The maximum atomic E-state index is 2.46. The molecule has 4 rings (SSSR count). The summed E-state index contributed by atoms with van der Waals surface area (Å²) in [5.74, 6) is 2.41. The zero-order valence-electron chi connectivity index (χ0n) is 13.6. The Morgan fingerprint density at radius 2 is 1.90 bits per heavy atom. The minimum Gasteiger partial charge on any atom is -0.370 e. The van der Waals surface area contributed by atoms with Gasteiger partial charge in [0, 0.05) is 7.05 Å². The van der Waals surface area contributed by atoms with Crippen LogP contribution in [0.2, 0.25) is 0 Å². The van der Waals surface area contributed by atoms with E-state index >= 15 is 0 Å². The van der Waals surface area contributed by atoms with Crippen LogP contribution in [0.1, 0.15) is 46.0 Å². The van der Waals surface area contributed by atoms with Gasteiger partial charge in [-0.3, -0.25) is 0 Å². The van der Waals surface area contributed by atoms with Crippen molar-refractivity contribution in [3.63, 3.8) is 0 Å². The molecule has 1 aliphatic heterocycles. The lowest BCUT2D eigenvalue weighted by Gasteiger charge is -2.37. The molecule has 0 amide bonds. The fourth-order valence-corrected chi connectivity index (χ4v) is 5.13. The van der Waals surface area contributed by atoms with Crippen molar-refractivity contribution < 1.29 is 0 Å². The van der Waals surface area contributed by atoms with Crippen molar-refractivity contribution in [3.05, 3.63) is 46.7 Å². The van der Waals surface area contributed by atoms with E-state index < -0.39 is 0 Å². The number of allylic oxidation sites excluding steroid dienone is 4. The van der Waals surface area contributed by atoms with Crippen LogP contribution in [0.15, 0.2) is 46.7 Å². The molecule has 1 saturated carbocycles. The summed E-state index contributed by atoms with van der Waals surface area (Å²) in [5, 5.41) is 0. The van der Waals surface area contributed by atoms with Gasteiger partial charge in [0.1, 0.15) is 0 Å². The number of hydrogen-bond donors (Lipinski definition) is 0. The fraction of sp³-hybridized carbons (Fsp3) is 0.600. The third kappa shape index (κ3) is 2.05. The van der Waals surface area contributed by atoms with E-state index in [-0.39, 0.29) is 0 Å². The molecule has 1 nitrogen and oxygen atoms in total. The zero-order chi connectivity index (χ0) is 14.6. The number of hydrogen-bond acceptors (Lipinski definition) is 1. The van der Waals surface area contributed by atoms with Crippen molar-refractivity contribution >= 4 is 0 Å². The third-order valence-corrected chi connectivity index (χ3v) is 6.10. The highest BCUT2D eigenvalue weighted by Gasteiger charge is 2.42. The molecule has 4 atom stereocenters. The van der Waals surface area contributed by atoms with Gasteiger partial charge in [0.05, 0.1) is 6.04 Å². The Labute approximate surface area is 129 Å². The molecule has 112 valence electrons. The normalized spacial score (nSPS) is 38.3. The average molecular weight is 281 g/mol. The van der Waals surface area contributed by atoms with Crippen molar-refractivity contribution in [1.82, 2.24) is 4.90 Å². The quantitative estimate of drug-likeness (QED) is 0.664. The Morgan fingerprint density at radius 3 is 2.71 bits per heavy atom. The largest absolute Gasteiger partial charge is 0.370 e. The predicted octanol–water partition coefficient (Wildman–Crippen LogP) is 4.84. The Hall–Kier alpha value is -1.24. The van der Waals surface area contributed by atoms with Crippen LogP contribution in [0.25, 0.3) is 0 Å². The van der Waals surface area contributed by atoms with Gasteiger partial charge in [-0.2, -0.15) is 0 Å². The average Bonchev–Trinajstić information content (AvgIpc) is 2.71. The first kappa shape index (κ1) is 13.4. The first-order chi connectivity index (χ1) is 10.1. The maximum Gasteiger partial charge on any atom is 0.0755 e. The molecule has 0 N–H and O–H groups in total. The highest BCUT2D eigenvalue weighted by atomic mass is 15.1. The van der Waals surface area contributed by atoms with Crippen molar-refractivity contribution in [1.29, 1.82) is 0 Å². The van der Waals surface area contributed by atoms with E-state index in [4.69, 9.17) is 0 Å². The van der Waals surface area contributed by atoms with Crippen molar-refractivity contribution in [2.75, 3.05) is 7.05 Å². The van der Waals surface area contributed by atoms with E-state index in [0.29, 0.717) is 12.0 Å². The molecule has 4 unspecified atom stereocenters. The standard InChI is InChI=1S/C20H27N/c1-13-7-8-17(14(2)11-13)20-19-16-6-4-5-15(12-16)18(19)9-10-21(20)3/h7-10,13,15-16,20H,4-6,11-12H2,1-3H3. The summed E-state index contributed by atoms with van der Waals surface area (Å²) in [6.07, 6.45) is 16.5. The molecule has 21 heavy (non-hydrogen) atoms. The summed E-state index contributed by atoms with van der Waals surface area (Å²) in [7, 11) is 2.26. The summed E-state index contributed by atoms with van der Waals surface area (Å²) in [4.78, 5) is 2.46. The minimum atomic E-state index is 0.516. The van der Waals surface area contributed by atoms with Crippen LogP contribution in [-0.4, -0.2) is 18.0 Å². The zero-order valence-corrected chi connectivity index (χ0v) is 13.6. The molecule has 0 aromatic heterocycles. The molecule has 0 saturated heterocycles. The third-order valence-electron chi connectivity index (χ3n) is 6.10. The smallest absolute Gasteiger partial charge is 0.0755 e. The first-order valence-corrected chi connectivity index (χ1v) is 8.67. The van der Waals surface area contributed by atoms with Crippen molar-refractivity contribution in [2.45, 2.75) is 52.0 Å². The van der Waals surface area contributed by atoms with Gasteiger partial charge >= 0.3 is 0 Å². The Kier molecular flexibility index (Phi) is 3.13. The molecule has 0 aromatic carbocycles. The van der Waals surface area contributed by atoms with Gasteiger partial charge in [-0.25, -0.2) is 0 Å². The monoisotopic (exact) mass is 281 g/mol. The predicted molar refractivity (Wildman–Crippen MR) is 88.8 cm³/mol. The Bertz CT molecular complexity index is 575. The van der Waals surface area contributed by atoms with Gasteiger partial charge in [-0.1, -0.05) is 31.1 Å². The number of fused-ring (bicyclic) bond motifs is 4. The molecule has 0 spiro atoms. The molecular weight excluding hydrogens is 254 g/mol. The van der Waals surface area contributed by atoms with Gasteiger partial charge < -0.3 is 4.90 Å².